The second kappa shape index (κ2) is 11.3. The Kier molecular flexibility index (Phi) is 8.92. The van der Waals surface area contributed by atoms with Crippen molar-refractivity contribution >= 4 is 42.6 Å². The van der Waals surface area contributed by atoms with E-state index in [9.17, 15) is 4.57 Å². The van der Waals surface area contributed by atoms with Crippen molar-refractivity contribution in [2.75, 3.05) is 13.5 Å². The molecule has 7 nitrogen and oxygen atoms in total. The normalized spacial score (nSPS) is 11.9. The summed E-state index contributed by atoms with van der Waals surface area (Å²) in [5, 5.41) is 2.09. The number of halogens is 2. The van der Waals surface area contributed by atoms with Gasteiger partial charge >= 0.3 is 7.60 Å². The third kappa shape index (κ3) is 7.49. The minimum Gasteiger partial charge on any atom is -0.481 e. The van der Waals surface area contributed by atoms with Crippen molar-refractivity contribution in [3.8, 4) is 5.75 Å². The van der Waals surface area contributed by atoms with E-state index in [1.807, 2.05) is 24.3 Å². The Morgan fingerprint density at radius 2 is 1.76 bits per heavy atom. The quantitative estimate of drug-likeness (QED) is 0.302. The Balaban J connectivity index is 1.94. The largest absolute Gasteiger partial charge is 0.481 e. The summed E-state index contributed by atoms with van der Waals surface area (Å²) < 4.78 is 23.7. The summed E-state index contributed by atoms with van der Waals surface area (Å²) in [6, 6.07) is 12.5. The lowest BCUT2D eigenvalue weighted by Gasteiger charge is -2.14. The van der Waals surface area contributed by atoms with Crippen molar-refractivity contribution in [1.82, 2.24) is 9.55 Å². The Hall–Kier alpha value is -1.51. The predicted octanol–water partition coefficient (Wildman–Crippen LogP) is 6.17. The highest BCUT2D eigenvalue weighted by Crippen LogP contribution is 2.38. The lowest BCUT2D eigenvalue weighted by Crippen LogP contribution is -2.08. The molecule has 11 heteroatoms. The number of aromatic nitrogens is 2. The lowest BCUT2D eigenvalue weighted by atomic mass is 10.1. The molecule has 0 saturated heterocycles. The molecule has 0 amide bonds. The van der Waals surface area contributed by atoms with Gasteiger partial charge in [0.2, 0.25) is 0 Å². The van der Waals surface area contributed by atoms with Gasteiger partial charge in [-0.2, -0.15) is 0 Å². The number of ether oxygens (including phenoxy) is 2. The van der Waals surface area contributed by atoms with Crippen molar-refractivity contribution < 1.29 is 23.8 Å². The van der Waals surface area contributed by atoms with Gasteiger partial charge in [0.15, 0.2) is 6.35 Å². The van der Waals surface area contributed by atoms with Crippen molar-refractivity contribution in [2.45, 2.75) is 42.8 Å². The fourth-order valence-corrected chi connectivity index (χ4v) is 5.35. The van der Waals surface area contributed by atoms with Crippen LogP contribution < -0.4 is 4.74 Å². The first-order valence-electron chi connectivity index (χ1n) is 10.0. The average molecular weight is 531 g/mol. The molecule has 0 bridgehead atoms. The summed E-state index contributed by atoms with van der Waals surface area (Å²) in [5.74, 6) is 1.36. The summed E-state index contributed by atoms with van der Waals surface area (Å²) >= 11 is 14.0. The summed E-state index contributed by atoms with van der Waals surface area (Å²) in [6.07, 6.45) is -0.660. The molecule has 0 aliphatic carbocycles. The van der Waals surface area contributed by atoms with Crippen molar-refractivity contribution in [3.63, 3.8) is 0 Å². The van der Waals surface area contributed by atoms with Gasteiger partial charge in [0.25, 0.3) is 0 Å². The molecule has 2 aromatic carbocycles. The van der Waals surface area contributed by atoms with Crippen LogP contribution in [0.25, 0.3) is 0 Å². The van der Waals surface area contributed by atoms with E-state index in [0.717, 1.165) is 27.0 Å². The van der Waals surface area contributed by atoms with Gasteiger partial charge in [0.1, 0.15) is 23.2 Å². The van der Waals surface area contributed by atoms with Gasteiger partial charge in [-0.15, -0.1) is 0 Å². The van der Waals surface area contributed by atoms with Gasteiger partial charge in [-0.3, -0.25) is 4.57 Å². The summed E-state index contributed by atoms with van der Waals surface area (Å²) in [5.41, 5.74) is 1.92. The van der Waals surface area contributed by atoms with Crippen molar-refractivity contribution in [2.24, 2.45) is 0 Å². The molecule has 0 aliphatic heterocycles. The molecular weight excluding hydrogens is 506 g/mol. The maximum Gasteiger partial charge on any atom is 0.362 e. The van der Waals surface area contributed by atoms with Crippen molar-refractivity contribution in [1.29, 1.82) is 0 Å². The minimum atomic E-state index is -4.24. The fourth-order valence-electron chi connectivity index (χ4n) is 3.12. The van der Waals surface area contributed by atoms with E-state index in [1.165, 1.54) is 0 Å². The molecule has 178 valence electrons. The Bertz CT molecular complexity index is 1130. The molecule has 3 aromatic rings. The minimum absolute atomic E-state index is 0.183. The molecule has 0 aliphatic rings. The average Bonchev–Trinajstić information content (AvgIpc) is 3.04. The van der Waals surface area contributed by atoms with E-state index in [-0.39, 0.29) is 5.92 Å². The number of rotatable bonds is 10. The molecule has 0 saturated carbocycles. The summed E-state index contributed by atoms with van der Waals surface area (Å²) in [7, 11) is -2.61. The van der Waals surface area contributed by atoms with Crippen LogP contribution in [-0.4, -0.2) is 32.8 Å². The zero-order chi connectivity index (χ0) is 24.2. The highest BCUT2D eigenvalue weighted by molar-refractivity contribution is 7.99. The molecule has 0 radical (unpaired) electrons. The third-order valence-electron chi connectivity index (χ3n) is 4.56. The van der Waals surface area contributed by atoms with Crippen LogP contribution in [0, 0.1) is 0 Å². The second-order valence-corrected chi connectivity index (χ2v) is 11.2. The van der Waals surface area contributed by atoms with Gasteiger partial charge in [0.05, 0.1) is 5.69 Å². The lowest BCUT2D eigenvalue weighted by molar-refractivity contribution is 0.174. The van der Waals surface area contributed by atoms with Gasteiger partial charge in [-0.25, -0.2) is 4.98 Å². The molecule has 0 unspecified atom stereocenters. The number of methoxy groups -OCH3 is 1. The van der Waals surface area contributed by atoms with Crippen LogP contribution in [0.15, 0.2) is 52.4 Å². The van der Waals surface area contributed by atoms with Crippen LogP contribution in [-0.2, 0) is 22.5 Å². The van der Waals surface area contributed by atoms with E-state index < -0.39 is 13.9 Å². The standard InChI is InChI=1S/C22H25Cl2N2O5PS/c1-14(2)21-22(33-19-9-16(23)8-17(24)10-19)26(20(25-21)12-30-3)11-15-4-6-18(7-5-15)31-13-32(27,28)29/h4-10,14H,11-13H2,1-3H3,(H2,27,28,29). The molecular formula is C22H25Cl2N2O5PS. The highest BCUT2D eigenvalue weighted by Gasteiger charge is 2.21. The maximum atomic E-state index is 11.0. The number of imidazole rings is 1. The monoisotopic (exact) mass is 530 g/mol. The van der Waals surface area contributed by atoms with Gasteiger partial charge in [0, 0.05) is 28.6 Å². The molecule has 2 N–H and O–H groups in total. The molecule has 0 atom stereocenters. The van der Waals surface area contributed by atoms with E-state index in [0.29, 0.717) is 28.9 Å². The van der Waals surface area contributed by atoms with Crippen LogP contribution in [0.1, 0.15) is 36.8 Å². The van der Waals surface area contributed by atoms with E-state index in [2.05, 4.69) is 18.4 Å². The fraction of sp³-hybridized carbons (Fsp3) is 0.318. The molecule has 33 heavy (non-hydrogen) atoms. The number of hydrogen-bond donors (Lipinski definition) is 2. The molecule has 3 rings (SSSR count). The second-order valence-electron chi connectivity index (χ2n) is 7.68. The van der Waals surface area contributed by atoms with Crippen LogP contribution in [0.5, 0.6) is 5.75 Å². The van der Waals surface area contributed by atoms with E-state index >= 15 is 0 Å². The van der Waals surface area contributed by atoms with Crippen molar-refractivity contribution in [3.05, 3.63) is 69.6 Å². The topological polar surface area (TPSA) is 93.8 Å². The number of benzene rings is 2. The zero-order valence-electron chi connectivity index (χ0n) is 18.4. The van der Waals surface area contributed by atoms with Gasteiger partial charge in [-0.1, -0.05) is 60.9 Å². The van der Waals surface area contributed by atoms with Gasteiger partial charge in [-0.05, 0) is 41.8 Å². The molecule has 0 spiro atoms. The Morgan fingerprint density at radius 1 is 1.12 bits per heavy atom. The smallest absolute Gasteiger partial charge is 0.362 e. The SMILES string of the molecule is COCc1nc(C(C)C)c(Sc2cc(Cl)cc(Cl)c2)n1Cc1ccc(OCP(=O)(O)O)cc1. The van der Waals surface area contributed by atoms with Gasteiger partial charge < -0.3 is 23.8 Å². The Labute approximate surface area is 207 Å². The predicted molar refractivity (Wildman–Crippen MR) is 131 cm³/mol. The number of hydrogen-bond acceptors (Lipinski definition) is 5. The molecule has 1 aromatic heterocycles. The van der Waals surface area contributed by atoms with E-state index in [4.69, 9.17) is 47.4 Å². The molecule has 0 fully saturated rings. The number of nitrogens with zero attached hydrogens (tertiary/aromatic N) is 2. The summed E-state index contributed by atoms with van der Waals surface area (Å²) in [4.78, 5) is 23.7. The molecule has 1 heterocycles. The zero-order valence-corrected chi connectivity index (χ0v) is 21.6. The Morgan fingerprint density at radius 3 is 2.30 bits per heavy atom. The van der Waals surface area contributed by atoms with E-state index in [1.54, 1.807) is 37.1 Å². The third-order valence-corrected chi connectivity index (χ3v) is 6.56. The first kappa shape index (κ1) is 26.1. The first-order chi connectivity index (χ1) is 15.6. The van der Waals surface area contributed by atoms with Crippen LogP contribution in [0.2, 0.25) is 10.0 Å². The van der Waals surface area contributed by atoms with Crippen LogP contribution in [0.3, 0.4) is 0 Å². The highest BCUT2D eigenvalue weighted by atomic mass is 35.5. The van der Waals surface area contributed by atoms with Crippen LogP contribution >= 0.6 is 42.6 Å². The maximum absolute atomic E-state index is 11.0. The van der Waals surface area contributed by atoms with Crippen LogP contribution in [0.4, 0.5) is 0 Å². The first-order valence-corrected chi connectivity index (χ1v) is 13.4. The summed E-state index contributed by atoms with van der Waals surface area (Å²) in [6.45, 7) is 5.05.